The molecule has 0 radical (unpaired) electrons. The van der Waals surface area contributed by atoms with Crippen LogP contribution in [0.3, 0.4) is 0 Å². The number of para-hydroxylation sites is 1. The predicted octanol–water partition coefficient (Wildman–Crippen LogP) is -1.58. The van der Waals surface area contributed by atoms with Crippen molar-refractivity contribution >= 4 is 89.9 Å². The zero-order chi connectivity index (χ0) is 65.0. The van der Waals surface area contributed by atoms with Crippen LogP contribution in [0.25, 0.3) is 10.9 Å². The molecule has 3 aromatic carbocycles. The maximum Gasteiger partial charge on any atom is 0.331 e. The Hall–Kier alpha value is -7.11. The summed E-state index contributed by atoms with van der Waals surface area (Å²) in [5, 5.41) is 51.0. The lowest BCUT2D eigenvalue weighted by Gasteiger charge is -2.13. The number of aromatic amines is 1. The predicted molar refractivity (Wildman–Crippen MR) is 317 cm³/mol. The summed E-state index contributed by atoms with van der Waals surface area (Å²) in [6.07, 6.45) is 3.72. The molecule has 0 unspecified atom stereocenters. The molecule has 0 spiro atoms. The number of nitrogens with two attached hydrogens (primary N) is 10. The topological polar surface area (TPSA) is 579 Å². The third-order valence-electron chi connectivity index (χ3n) is 10.9. The summed E-state index contributed by atoms with van der Waals surface area (Å²) in [4.78, 5) is 100. The van der Waals surface area contributed by atoms with Crippen molar-refractivity contribution in [2.45, 2.75) is 127 Å². The molecule has 0 saturated carbocycles. The van der Waals surface area contributed by atoms with Crippen molar-refractivity contribution < 1.29 is 88.0 Å². The summed E-state index contributed by atoms with van der Waals surface area (Å²) in [5.41, 5.74) is 56.8. The average molecular weight is 1230 g/mol. The fraction of sp³-hybridized carbons (Fsp3) is 0.453. The molecule has 84 heavy (non-hydrogen) atoms. The Kier molecular flexibility index (Phi) is 40.1. The molecule has 470 valence electrons. The number of fused-ring (bicyclic) bond motifs is 1. The summed E-state index contributed by atoms with van der Waals surface area (Å²) >= 11 is 7.41. The summed E-state index contributed by atoms with van der Waals surface area (Å²) < 4.78 is 15.1. The van der Waals surface area contributed by atoms with E-state index >= 15 is 0 Å². The second-order valence-electron chi connectivity index (χ2n) is 18.6. The number of carboxylic acids is 5. The Morgan fingerprint density at radius 1 is 0.500 bits per heavy atom. The number of aliphatic carboxylic acids is 5. The van der Waals surface area contributed by atoms with Gasteiger partial charge in [0, 0.05) is 35.0 Å². The molecule has 0 aliphatic rings. The van der Waals surface area contributed by atoms with Gasteiger partial charge in [0.05, 0.1) is 6.10 Å². The number of ether oxygens (including phenoxy) is 3. The number of thiol groups is 2. The van der Waals surface area contributed by atoms with E-state index in [2.05, 4.69) is 35.0 Å². The fourth-order valence-electron chi connectivity index (χ4n) is 5.61. The number of benzene rings is 3. The van der Waals surface area contributed by atoms with E-state index in [1.807, 2.05) is 30.5 Å². The molecule has 0 aliphatic carbocycles. The summed E-state index contributed by atoms with van der Waals surface area (Å²) in [5.74, 6) is -6.93. The number of nitrogens with one attached hydrogen (secondary N) is 1. The molecule has 0 bridgehead atoms. The lowest BCUT2D eigenvalue weighted by Crippen LogP contribution is -2.39. The first kappa shape index (κ1) is 79.0. The zero-order valence-corrected chi connectivity index (χ0v) is 48.8. The van der Waals surface area contributed by atoms with Crippen molar-refractivity contribution in [3.05, 3.63) is 95.7 Å². The van der Waals surface area contributed by atoms with Gasteiger partial charge in [-0.2, -0.15) is 25.3 Å². The minimum absolute atomic E-state index is 0.0208. The molecule has 1 aromatic heterocycles. The third-order valence-corrected chi connectivity index (χ3v) is 11.7. The van der Waals surface area contributed by atoms with Crippen LogP contribution in [0.5, 0.6) is 11.5 Å². The molecular formula is C53H83N11O18S2. The Balaban J connectivity index is 0. The van der Waals surface area contributed by atoms with Crippen molar-refractivity contribution in [3.8, 4) is 11.5 Å². The van der Waals surface area contributed by atoms with Crippen molar-refractivity contribution in [1.82, 2.24) is 4.98 Å². The van der Waals surface area contributed by atoms with Crippen LogP contribution < -0.4 is 66.8 Å². The molecule has 27 N–H and O–H groups in total. The van der Waals surface area contributed by atoms with Gasteiger partial charge in [0.1, 0.15) is 65.9 Å². The highest BCUT2D eigenvalue weighted by atomic mass is 32.1. The van der Waals surface area contributed by atoms with E-state index in [-0.39, 0.29) is 36.0 Å². The van der Waals surface area contributed by atoms with E-state index in [0.29, 0.717) is 30.7 Å². The average Bonchev–Trinajstić information content (AvgIpc) is 3.77. The number of carbonyl (C=O) groups excluding carboxylic acids is 4. The van der Waals surface area contributed by atoms with E-state index in [1.165, 1.54) is 13.8 Å². The molecule has 31 heteroatoms. The number of carbonyl (C=O) groups is 9. The van der Waals surface area contributed by atoms with E-state index in [4.69, 9.17) is 97.4 Å². The second-order valence-corrected chi connectivity index (χ2v) is 19.4. The Bertz CT molecular complexity index is 2630. The van der Waals surface area contributed by atoms with Gasteiger partial charge < -0.3 is 107 Å². The highest BCUT2D eigenvalue weighted by Crippen LogP contribution is 2.21. The van der Waals surface area contributed by atoms with Gasteiger partial charge in [-0.1, -0.05) is 62.7 Å². The number of H-pyrrole nitrogens is 1. The van der Waals surface area contributed by atoms with Crippen LogP contribution in [0.4, 0.5) is 0 Å². The molecule has 0 fully saturated rings. The maximum absolute atomic E-state index is 12.5. The van der Waals surface area contributed by atoms with Gasteiger partial charge in [0.15, 0.2) is 0 Å². The molecule has 29 nitrogen and oxygen atoms in total. The number of unbranched alkanes of at least 4 members (excludes halogenated alkanes) is 1. The Morgan fingerprint density at radius 3 is 1.27 bits per heavy atom. The number of carboxylic acid groups (broad SMARTS) is 5. The normalized spacial score (nSPS) is 14.0. The highest BCUT2D eigenvalue weighted by molar-refractivity contribution is 7.80. The van der Waals surface area contributed by atoms with E-state index in [9.17, 15) is 43.2 Å². The van der Waals surface area contributed by atoms with Gasteiger partial charge in [-0.3, -0.25) is 24.0 Å². The first-order chi connectivity index (χ1) is 39.1. The standard InChI is InChI=1S/C29H30N4O6.C6H12N2O3S.C6H14N2O2.C5H11NO2.C4H9NO3.C3H7NO2S/c30-23(27(34)35)13-17-5-9-20(10-6-17)38-28(36)24(31)14-18-7-11-21(12-8-18)39-29(37)25(32)15-19-16-33-26-4-2-1-3-22(19)26;1-3(7)5(9)11-6(10)4(8)2-12;7-4-2-1-3-5(8)6(9)10;1-3(2)4(6)5(7)8;1-2(6)3(5)4(7)8;4-2(1-7)3(5)6/h1-12,16,23-25,33H,13-15,30-32H2,(H,34,35);3-4,12H,2,7-8H2,1H3;5H,1-4,7-8H2,(H,9,10);3-4H,6H2,1-2H3,(H,7,8);2-3,6H,5H2,1H3,(H,7,8);2,7H,1,4H2,(H,5,6)/t23-,24+,25-;3-,4-;5-;4-;2-,3+;2-/m100010/s1. The van der Waals surface area contributed by atoms with Gasteiger partial charge in [0.2, 0.25) is 0 Å². The minimum Gasteiger partial charge on any atom is -0.480 e. The number of aliphatic hydroxyl groups is 1. The van der Waals surface area contributed by atoms with Gasteiger partial charge in [-0.05, 0) is 99.0 Å². The van der Waals surface area contributed by atoms with Gasteiger partial charge in [-0.25, -0.2) is 19.2 Å². The third kappa shape index (κ3) is 33.9. The zero-order valence-electron chi connectivity index (χ0n) is 47.0. The maximum atomic E-state index is 12.5. The Morgan fingerprint density at radius 2 is 0.929 bits per heavy atom. The van der Waals surface area contributed by atoms with E-state index in [0.717, 1.165) is 34.9 Å². The van der Waals surface area contributed by atoms with E-state index in [1.54, 1.807) is 62.4 Å². The van der Waals surface area contributed by atoms with Crippen LogP contribution in [0.2, 0.25) is 0 Å². The summed E-state index contributed by atoms with van der Waals surface area (Å²) in [7, 11) is 0. The minimum atomic E-state index is -1.18. The lowest BCUT2D eigenvalue weighted by atomic mass is 10.1. The van der Waals surface area contributed by atoms with Gasteiger partial charge in [-0.15, -0.1) is 0 Å². The number of hydrogen-bond acceptors (Lipinski definition) is 25. The second kappa shape index (κ2) is 42.7. The van der Waals surface area contributed by atoms with E-state index < -0.39 is 114 Å². The van der Waals surface area contributed by atoms with Gasteiger partial charge in [0.25, 0.3) is 0 Å². The molecule has 4 aromatic rings. The molecule has 4 rings (SSSR count). The number of aromatic nitrogens is 1. The fourth-order valence-corrected chi connectivity index (χ4v) is 5.92. The quantitative estimate of drug-likeness (QED) is 0.0117. The van der Waals surface area contributed by atoms with Crippen LogP contribution in [0, 0.1) is 5.92 Å². The summed E-state index contributed by atoms with van der Waals surface area (Å²) in [6.45, 7) is 6.91. The van der Waals surface area contributed by atoms with Crippen LogP contribution in [0.15, 0.2) is 79.0 Å². The molecule has 10 atom stereocenters. The van der Waals surface area contributed by atoms with Crippen molar-refractivity contribution in [3.63, 3.8) is 0 Å². The molecule has 1 heterocycles. The van der Waals surface area contributed by atoms with Gasteiger partial charge >= 0.3 is 53.7 Å². The van der Waals surface area contributed by atoms with Crippen LogP contribution in [0.1, 0.15) is 63.6 Å². The van der Waals surface area contributed by atoms with Crippen LogP contribution in [-0.2, 0) is 67.2 Å². The van der Waals surface area contributed by atoms with Crippen molar-refractivity contribution in [2.24, 2.45) is 63.3 Å². The largest absolute Gasteiger partial charge is 0.480 e. The summed E-state index contributed by atoms with van der Waals surface area (Å²) in [6, 6.07) is 13.0. The molecule has 0 aliphatic heterocycles. The van der Waals surface area contributed by atoms with Crippen molar-refractivity contribution in [2.75, 3.05) is 18.1 Å². The number of esters is 4. The smallest absolute Gasteiger partial charge is 0.331 e. The Labute approximate surface area is 496 Å². The monoisotopic (exact) mass is 1230 g/mol. The first-order valence-corrected chi connectivity index (χ1v) is 26.9. The van der Waals surface area contributed by atoms with Crippen molar-refractivity contribution in [1.29, 1.82) is 0 Å². The number of rotatable bonds is 25. The number of aliphatic hydroxyl groups excluding tert-OH is 1. The first-order valence-electron chi connectivity index (χ1n) is 25.6. The van der Waals surface area contributed by atoms with Crippen LogP contribution in [-0.4, -0.2) is 168 Å². The lowest BCUT2D eigenvalue weighted by molar-refractivity contribution is -0.161. The molecular weight excluding hydrogens is 1140 g/mol. The molecule has 0 amide bonds. The highest BCUT2D eigenvalue weighted by Gasteiger charge is 2.22. The number of hydrogen-bond donors (Lipinski definition) is 19. The molecule has 0 saturated heterocycles. The van der Waals surface area contributed by atoms with Crippen LogP contribution >= 0.6 is 25.3 Å². The SMILES string of the molecule is CC(C)[C@H](N)C(=O)O.C[C@@H](O)[C@H](N)C(=O)O.C[C@H](N)C(=O)OC(=O)[C@@H](N)CS.NCCCC[C@H](N)C(=O)O.N[C@@H](CS)C(=O)O.N[C@H](Cc1ccc(OC(=O)[C@@H](N)Cc2ccc(OC(=O)[C@H](N)Cc3c[nH]c4ccccc34)cc2)cc1)C(=O)O.